The Bertz CT molecular complexity index is 1540. The number of rotatable bonds is 15. The molecule has 0 saturated carbocycles. The molecule has 50 heavy (non-hydrogen) atoms. The Hall–Kier alpha value is -3.24. The average molecular weight is 815 g/mol. The fraction of sp³-hybridized carbons (Fsp3) is 0.474. The maximum atomic E-state index is 12.9. The van der Waals surface area contributed by atoms with Gasteiger partial charge in [0.15, 0.2) is 0 Å². The van der Waals surface area contributed by atoms with E-state index in [9.17, 15) is 19.2 Å². The zero-order chi connectivity index (χ0) is 36.7. The third-order valence-corrected chi connectivity index (χ3v) is 15.6. The molecule has 0 atom stereocenters. The molecule has 2 aromatic rings. The van der Waals surface area contributed by atoms with E-state index >= 15 is 0 Å². The van der Waals surface area contributed by atoms with E-state index in [2.05, 4.69) is 31.9 Å². The Kier molecular flexibility index (Phi) is 13.0. The molecule has 2 heterocycles. The number of para-hydroxylation sites is 2. The van der Waals surface area contributed by atoms with Crippen molar-refractivity contribution in [2.45, 2.75) is 103 Å². The van der Waals surface area contributed by atoms with Crippen molar-refractivity contribution in [1.29, 1.82) is 0 Å². The number of amides is 4. The van der Waals surface area contributed by atoms with Gasteiger partial charge >= 0.3 is 282 Å². The van der Waals surface area contributed by atoms with Gasteiger partial charge in [0.2, 0.25) is 0 Å². The second-order valence-corrected chi connectivity index (χ2v) is 21.2. The fourth-order valence-corrected chi connectivity index (χ4v) is 13.4. The first-order valence-electron chi connectivity index (χ1n) is 17.1. The standard InChI is InChI=1S/C38H52N6O4Se2/c1-35(2)23-25(37(5,6)43-35)33(47)39-21-13-19-31(45)41-27-15-9-11-17-29(27)49-50-30-18-12-10-16-28(30)42-32(46)20-14-22-40-34(48)26-24-36(3,4)44-38(26,7)8/h9-12,15-18,23-24,43-44H,13-14,19-22H2,1-8H3,(H,39,47)(H,40,48)(H,41,45)(H,42,46). The van der Waals surface area contributed by atoms with Gasteiger partial charge in [-0.25, -0.2) is 0 Å². The van der Waals surface area contributed by atoms with Crippen LogP contribution in [0.1, 0.15) is 81.1 Å². The molecule has 4 amide bonds. The third-order valence-electron chi connectivity index (χ3n) is 8.39. The molecule has 6 N–H and O–H groups in total. The molecular weight excluding hydrogens is 762 g/mol. The first-order chi connectivity index (χ1) is 23.4. The molecule has 0 radical (unpaired) electrons. The molecule has 2 aromatic carbocycles. The van der Waals surface area contributed by atoms with Gasteiger partial charge in [0.05, 0.1) is 0 Å². The average Bonchev–Trinajstić information content (AvgIpc) is 3.40. The van der Waals surface area contributed by atoms with Crippen molar-refractivity contribution >= 4 is 70.2 Å². The number of hydrogen-bond donors (Lipinski definition) is 6. The van der Waals surface area contributed by atoms with E-state index < -0.39 is 11.1 Å². The topological polar surface area (TPSA) is 140 Å². The van der Waals surface area contributed by atoms with E-state index in [1.54, 1.807) is 0 Å². The molecule has 2 aliphatic heterocycles. The molecule has 10 nitrogen and oxygen atoms in total. The van der Waals surface area contributed by atoms with Crippen LogP contribution in [0.2, 0.25) is 0 Å². The Labute approximate surface area is 308 Å². The van der Waals surface area contributed by atoms with Crippen LogP contribution in [0.15, 0.2) is 71.8 Å². The predicted octanol–water partition coefficient (Wildman–Crippen LogP) is 2.80. The van der Waals surface area contributed by atoms with E-state index in [4.69, 9.17) is 0 Å². The second-order valence-electron chi connectivity index (χ2n) is 15.0. The summed E-state index contributed by atoms with van der Waals surface area (Å²) in [7, 11) is 0. The van der Waals surface area contributed by atoms with Gasteiger partial charge in [-0.1, -0.05) is 0 Å². The van der Waals surface area contributed by atoms with Crippen LogP contribution in [-0.4, -0.2) is 85.1 Å². The molecule has 0 aliphatic carbocycles. The second kappa shape index (κ2) is 16.4. The molecule has 0 fully saturated rings. The minimum absolute atomic E-state index is 0.0473. The van der Waals surface area contributed by atoms with Crippen LogP contribution in [0.4, 0.5) is 11.4 Å². The molecule has 2 aliphatic rings. The van der Waals surface area contributed by atoms with Crippen LogP contribution in [0.3, 0.4) is 0 Å². The quantitative estimate of drug-likeness (QED) is 0.121. The zero-order valence-corrected chi connectivity index (χ0v) is 33.9. The Balaban J connectivity index is 1.21. The van der Waals surface area contributed by atoms with E-state index in [0.29, 0.717) is 38.8 Å². The van der Waals surface area contributed by atoms with Crippen molar-refractivity contribution in [1.82, 2.24) is 21.3 Å². The molecule has 0 spiro atoms. The van der Waals surface area contributed by atoms with Gasteiger partial charge in [-0.15, -0.1) is 0 Å². The van der Waals surface area contributed by atoms with Crippen LogP contribution < -0.4 is 40.8 Å². The molecule has 0 saturated heterocycles. The summed E-state index contributed by atoms with van der Waals surface area (Å²) in [5.74, 6) is -0.391. The number of benzene rings is 2. The molecule has 270 valence electrons. The van der Waals surface area contributed by atoms with Crippen molar-refractivity contribution in [2.24, 2.45) is 0 Å². The summed E-state index contributed by atoms with van der Waals surface area (Å²) in [6.07, 6.45) is 5.60. The van der Waals surface area contributed by atoms with Gasteiger partial charge in [-0.2, -0.15) is 0 Å². The zero-order valence-electron chi connectivity index (χ0n) is 30.5. The number of anilines is 2. The number of hydrogen-bond acceptors (Lipinski definition) is 6. The Morgan fingerprint density at radius 3 is 1.28 bits per heavy atom. The number of carbonyl (C=O) groups excluding carboxylic acids is 4. The molecule has 0 bridgehead atoms. The summed E-state index contributed by atoms with van der Waals surface area (Å²) in [6.45, 7) is 17.0. The SMILES string of the molecule is CC1(C)C=C(C(=O)NCCCC(=O)Nc2ccccc2[Se][Se]c2ccccc2NC(=O)CCCNC(=O)C2=CC(C)(C)NC2(C)C)C(C)(C)N1. The van der Waals surface area contributed by atoms with E-state index in [1.807, 2.05) is 116 Å². The van der Waals surface area contributed by atoms with Crippen LogP contribution in [-0.2, 0) is 19.2 Å². The van der Waals surface area contributed by atoms with E-state index in [-0.39, 0.29) is 61.0 Å². The molecule has 4 rings (SSSR count). The summed E-state index contributed by atoms with van der Waals surface area (Å²) in [4.78, 5) is 51.3. The first-order valence-corrected chi connectivity index (χ1v) is 23.2. The summed E-state index contributed by atoms with van der Waals surface area (Å²) >= 11 is 0.0947. The Morgan fingerprint density at radius 1 is 0.580 bits per heavy atom. The van der Waals surface area contributed by atoms with Crippen LogP contribution in [0, 0.1) is 0 Å². The van der Waals surface area contributed by atoms with Crippen molar-refractivity contribution in [2.75, 3.05) is 23.7 Å². The van der Waals surface area contributed by atoms with Gasteiger partial charge < -0.3 is 0 Å². The normalized spacial score (nSPS) is 18.1. The Morgan fingerprint density at radius 2 is 0.940 bits per heavy atom. The number of nitrogens with one attached hydrogen (secondary N) is 6. The summed E-state index contributed by atoms with van der Waals surface area (Å²) in [5.41, 5.74) is 1.72. The van der Waals surface area contributed by atoms with Gasteiger partial charge in [-0.3, -0.25) is 0 Å². The maximum absolute atomic E-state index is 12.9. The van der Waals surface area contributed by atoms with Gasteiger partial charge in [0.1, 0.15) is 0 Å². The molecule has 0 unspecified atom stereocenters. The van der Waals surface area contributed by atoms with E-state index in [0.717, 1.165) is 31.4 Å². The molecule has 0 aromatic heterocycles. The van der Waals surface area contributed by atoms with Gasteiger partial charge in [-0.05, 0) is 27.7 Å². The minimum atomic E-state index is -0.411. The predicted molar refractivity (Wildman–Crippen MR) is 204 cm³/mol. The van der Waals surface area contributed by atoms with Crippen molar-refractivity contribution in [3.63, 3.8) is 0 Å². The van der Waals surface area contributed by atoms with Crippen molar-refractivity contribution in [3.8, 4) is 0 Å². The summed E-state index contributed by atoms with van der Waals surface area (Å²) in [5, 5.41) is 19.0. The van der Waals surface area contributed by atoms with E-state index in [1.165, 1.54) is 0 Å². The molecule has 12 heteroatoms. The monoisotopic (exact) mass is 816 g/mol. The van der Waals surface area contributed by atoms with Crippen molar-refractivity contribution in [3.05, 3.63) is 71.8 Å². The van der Waals surface area contributed by atoms with Gasteiger partial charge in [0.25, 0.3) is 0 Å². The van der Waals surface area contributed by atoms with Crippen LogP contribution in [0.25, 0.3) is 0 Å². The molecular formula is C38H52N6O4Se2. The summed E-state index contributed by atoms with van der Waals surface area (Å²) in [6, 6.07) is 15.7. The van der Waals surface area contributed by atoms with Crippen molar-refractivity contribution < 1.29 is 19.2 Å². The number of carbonyl (C=O) groups is 4. The van der Waals surface area contributed by atoms with Crippen LogP contribution in [0.5, 0.6) is 0 Å². The van der Waals surface area contributed by atoms with Crippen LogP contribution >= 0.6 is 0 Å². The first kappa shape index (κ1) is 39.5. The third kappa shape index (κ3) is 11.1. The summed E-state index contributed by atoms with van der Waals surface area (Å²) < 4.78 is 2.17. The van der Waals surface area contributed by atoms with Gasteiger partial charge in [0, 0.05) is 0 Å². The fourth-order valence-electron chi connectivity index (χ4n) is 6.49.